The highest BCUT2D eigenvalue weighted by Crippen LogP contribution is 2.30. The molecule has 0 spiro atoms. The van der Waals surface area contributed by atoms with Gasteiger partial charge in [-0.1, -0.05) is 31.2 Å². The number of ether oxygens (including phenoxy) is 1. The standard InChI is InChI=1S/C22H32N4O5S/c1-5-8-17(18-12-16(29-10-6-2)13-19(27)31-18)24-21(28)22(4)14-32-20(25-22)15(3)26-30-11-7-9-23/h6,12-13,17H,2,5,7-11,14,23H2,1,3-4H3,(H,24,28)/b26-15+/t17-,22+/m1/s1. The van der Waals surface area contributed by atoms with Gasteiger partial charge in [-0.05, 0) is 33.2 Å². The third kappa shape index (κ3) is 7.23. The zero-order chi connectivity index (χ0) is 23.6. The number of rotatable bonds is 13. The second kappa shape index (κ2) is 12.4. The third-order valence-electron chi connectivity index (χ3n) is 4.64. The fraction of sp³-hybridized carbons (Fsp3) is 0.545. The van der Waals surface area contributed by atoms with Gasteiger partial charge in [-0.2, -0.15) is 0 Å². The van der Waals surface area contributed by atoms with Crippen LogP contribution in [0, 0.1) is 0 Å². The van der Waals surface area contributed by atoms with E-state index in [0.717, 1.165) is 6.42 Å². The molecule has 0 saturated carbocycles. The van der Waals surface area contributed by atoms with Crippen molar-refractivity contribution in [3.8, 4) is 5.75 Å². The molecule has 0 fully saturated rings. The Balaban J connectivity index is 2.16. The lowest BCUT2D eigenvalue weighted by Crippen LogP contribution is -2.45. The van der Waals surface area contributed by atoms with Crippen molar-refractivity contribution in [2.75, 3.05) is 25.5 Å². The van der Waals surface area contributed by atoms with E-state index in [1.807, 2.05) is 6.92 Å². The smallest absolute Gasteiger partial charge is 0.339 e. The van der Waals surface area contributed by atoms with Crippen LogP contribution in [0.4, 0.5) is 0 Å². The molecule has 0 unspecified atom stereocenters. The molecule has 10 heteroatoms. The molecule has 2 heterocycles. The summed E-state index contributed by atoms with van der Waals surface area (Å²) in [6.07, 6.45) is 3.67. The Bertz CT molecular complexity index is 914. The van der Waals surface area contributed by atoms with Gasteiger partial charge in [-0.15, -0.1) is 11.8 Å². The van der Waals surface area contributed by atoms with Gasteiger partial charge in [0.1, 0.15) is 41.0 Å². The lowest BCUT2D eigenvalue weighted by Gasteiger charge is -2.24. The average Bonchev–Trinajstić information content (AvgIpc) is 3.18. The number of aliphatic imine (C=N–C) groups is 1. The van der Waals surface area contributed by atoms with Crippen molar-refractivity contribution in [2.24, 2.45) is 15.9 Å². The molecule has 32 heavy (non-hydrogen) atoms. The molecule has 1 aromatic rings. The van der Waals surface area contributed by atoms with E-state index in [2.05, 4.69) is 22.0 Å². The molecule has 0 aromatic carbocycles. The second-order valence-electron chi connectivity index (χ2n) is 7.56. The van der Waals surface area contributed by atoms with Crippen molar-refractivity contribution in [1.82, 2.24) is 5.32 Å². The summed E-state index contributed by atoms with van der Waals surface area (Å²) in [6.45, 7) is 10.4. The van der Waals surface area contributed by atoms with Gasteiger partial charge in [-0.25, -0.2) is 4.79 Å². The highest BCUT2D eigenvalue weighted by Gasteiger charge is 2.40. The highest BCUT2D eigenvalue weighted by atomic mass is 32.2. The van der Waals surface area contributed by atoms with E-state index in [0.29, 0.717) is 54.0 Å². The van der Waals surface area contributed by atoms with E-state index in [-0.39, 0.29) is 12.5 Å². The number of nitrogens with two attached hydrogens (primary N) is 1. The minimum absolute atomic E-state index is 0.254. The van der Waals surface area contributed by atoms with Crippen molar-refractivity contribution >= 4 is 28.4 Å². The number of thioether (sulfide) groups is 1. The molecule has 0 bridgehead atoms. The molecule has 1 aliphatic rings. The fourth-order valence-electron chi connectivity index (χ4n) is 2.90. The Hall–Kier alpha value is -2.59. The number of nitrogens with one attached hydrogen (secondary N) is 1. The SMILES string of the molecule is C=CCOc1cc([C@@H](CCC)NC(=O)[C@]2(C)CSC(/C(C)=N/OCCCN)=N2)oc(=O)c1. The summed E-state index contributed by atoms with van der Waals surface area (Å²) in [5.74, 6) is 0.928. The topological polar surface area (TPSA) is 129 Å². The van der Waals surface area contributed by atoms with Gasteiger partial charge in [0.05, 0.1) is 12.1 Å². The van der Waals surface area contributed by atoms with Crippen LogP contribution in [-0.4, -0.2) is 47.7 Å². The summed E-state index contributed by atoms with van der Waals surface area (Å²) >= 11 is 1.45. The predicted octanol–water partition coefficient (Wildman–Crippen LogP) is 2.81. The van der Waals surface area contributed by atoms with Crippen LogP contribution in [0.2, 0.25) is 0 Å². The van der Waals surface area contributed by atoms with Crippen LogP contribution in [0.1, 0.15) is 51.8 Å². The first-order chi connectivity index (χ1) is 15.3. The van der Waals surface area contributed by atoms with E-state index in [1.165, 1.54) is 17.8 Å². The Morgan fingerprint density at radius 1 is 1.53 bits per heavy atom. The summed E-state index contributed by atoms with van der Waals surface area (Å²) in [4.78, 5) is 35.0. The molecule has 9 nitrogen and oxygen atoms in total. The average molecular weight is 465 g/mol. The van der Waals surface area contributed by atoms with Crippen LogP contribution in [0.5, 0.6) is 5.75 Å². The Kier molecular flexibility index (Phi) is 9.98. The monoisotopic (exact) mass is 464 g/mol. The molecular formula is C22H32N4O5S. The normalized spacial score (nSPS) is 19.2. The lowest BCUT2D eigenvalue weighted by atomic mass is 10.0. The van der Waals surface area contributed by atoms with Gasteiger partial charge in [0, 0.05) is 11.8 Å². The highest BCUT2D eigenvalue weighted by molar-refractivity contribution is 8.16. The molecule has 1 aromatic heterocycles. The van der Waals surface area contributed by atoms with E-state index in [1.54, 1.807) is 26.0 Å². The van der Waals surface area contributed by atoms with Crippen molar-refractivity contribution < 1.29 is 18.8 Å². The van der Waals surface area contributed by atoms with Crippen LogP contribution in [0.3, 0.4) is 0 Å². The molecule has 1 aliphatic heterocycles. The minimum atomic E-state index is -0.975. The maximum absolute atomic E-state index is 13.2. The number of nitrogens with zero attached hydrogens (tertiary/aromatic N) is 2. The molecule has 2 rings (SSSR count). The maximum atomic E-state index is 13.2. The molecule has 176 valence electrons. The number of oxime groups is 1. The third-order valence-corrected chi connectivity index (χ3v) is 6.00. The number of amides is 1. The van der Waals surface area contributed by atoms with Crippen LogP contribution in [-0.2, 0) is 9.63 Å². The lowest BCUT2D eigenvalue weighted by molar-refractivity contribution is -0.125. The zero-order valence-electron chi connectivity index (χ0n) is 18.9. The largest absolute Gasteiger partial charge is 0.489 e. The molecule has 0 saturated heterocycles. The Morgan fingerprint density at radius 2 is 2.31 bits per heavy atom. The van der Waals surface area contributed by atoms with Crippen LogP contribution >= 0.6 is 11.8 Å². The summed E-state index contributed by atoms with van der Waals surface area (Å²) in [6, 6.07) is 2.41. The van der Waals surface area contributed by atoms with Crippen LogP contribution in [0.15, 0.2) is 44.1 Å². The van der Waals surface area contributed by atoms with Crippen molar-refractivity contribution in [3.63, 3.8) is 0 Å². The number of carbonyl (C=O) groups is 1. The molecule has 1 amide bonds. The Morgan fingerprint density at radius 3 is 3.00 bits per heavy atom. The summed E-state index contributed by atoms with van der Waals surface area (Å²) in [5.41, 5.74) is 4.54. The summed E-state index contributed by atoms with van der Waals surface area (Å²) < 4.78 is 10.8. The number of hydrogen-bond donors (Lipinski definition) is 2. The first-order valence-corrected chi connectivity index (χ1v) is 11.6. The Labute approximate surface area is 192 Å². The molecule has 0 radical (unpaired) electrons. The zero-order valence-corrected chi connectivity index (χ0v) is 19.7. The van der Waals surface area contributed by atoms with E-state index in [9.17, 15) is 9.59 Å². The first-order valence-electron chi connectivity index (χ1n) is 10.6. The van der Waals surface area contributed by atoms with E-state index >= 15 is 0 Å². The van der Waals surface area contributed by atoms with Crippen molar-refractivity contribution in [3.05, 3.63) is 41.0 Å². The molecule has 2 atom stereocenters. The second-order valence-corrected chi connectivity index (χ2v) is 8.52. The van der Waals surface area contributed by atoms with Gasteiger partial charge in [0.25, 0.3) is 0 Å². The molecule has 0 aliphatic carbocycles. The minimum Gasteiger partial charge on any atom is -0.489 e. The summed E-state index contributed by atoms with van der Waals surface area (Å²) in [5, 5.41) is 7.71. The van der Waals surface area contributed by atoms with E-state index < -0.39 is 17.2 Å². The number of hydrogen-bond acceptors (Lipinski definition) is 9. The van der Waals surface area contributed by atoms with Crippen LogP contribution in [0.25, 0.3) is 0 Å². The van der Waals surface area contributed by atoms with Crippen LogP contribution < -0.4 is 21.4 Å². The maximum Gasteiger partial charge on any atom is 0.339 e. The van der Waals surface area contributed by atoms with Gasteiger partial charge in [-0.3, -0.25) is 9.79 Å². The number of carbonyl (C=O) groups excluding carboxylic acids is 1. The van der Waals surface area contributed by atoms with Crippen molar-refractivity contribution in [1.29, 1.82) is 0 Å². The van der Waals surface area contributed by atoms with Gasteiger partial charge in [0.15, 0.2) is 0 Å². The quantitative estimate of drug-likeness (QED) is 0.199. The summed E-state index contributed by atoms with van der Waals surface area (Å²) in [7, 11) is 0. The molecule has 3 N–H and O–H groups in total. The fourth-order valence-corrected chi connectivity index (χ4v) is 4.03. The molecular weight excluding hydrogens is 432 g/mol. The predicted molar refractivity (Wildman–Crippen MR) is 127 cm³/mol. The van der Waals surface area contributed by atoms with Gasteiger partial charge < -0.3 is 25.0 Å². The first kappa shape index (κ1) is 25.7. The van der Waals surface area contributed by atoms with E-state index in [4.69, 9.17) is 19.7 Å². The van der Waals surface area contributed by atoms with Crippen molar-refractivity contribution in [2.45, 2.75) is 51.6 Å². The van der Waals surface area contributed by atoms with Gasteiger partial charge >= 0.3 is 5.63 Å². The van der Waals surface area contributed by atoms with Gasteiger partial charge in [0.2, 0.25) is 5.91 Å².